The Morgan fingerprint density at radius 2 is 1.95 bits per heavy atom. The van der Waals surface area contributed by atoms with Crippen LogP contribution in [-0.2, 0) is 16.0 Å². The summed E-state index contributed by atoms with van der Waals surface area (Å²) in [5.41, 5.74) is 0.360. The molecule has 0 aromatic heterocycles. The van der Waals surface area contributed by atoms with Crippen LogP contribution in [0.25, 0.3) is 0 Å². The third-order valence-electron chi connectivity index (χ3n) is 4.50. The Kier molecular flexibility index (Phi) is 3.70. The molecule has 4 nitrogen and oxygen atoms in total. The molecular formula is C17H21NO3. The van der Waals surface area contributed by atoms with E-state index < -0.39 is 11.6 Å². The van der Waals surface area contributed by atoms with Gasteiger partial charge in [0, 0.05) is 12.5 Å². The van der Waals surface area contributed by atoms with E-state index in [1.54, 1.807) is 13.0 Å². The van der Waals surface area contributed by atoms with Gasteiger partial charge in [0.05, 0.1) is 5.56 Å². The van der Waals surface area contributed by atoms with Crippen molar-refractivity contribution in [1.82, 2.24) is 5.32 Å². The Balaban J connectivity index is 1.75. The van der Waals surface area contributed by atoms with E-state index in [2.05, 4.69) is 5.32 Å². The van der Waals surface area contributed by atoms with Gasteiger partial charge in [-0.3, -0.25) is 4.79 Å². The predicted octanol–water partition coefficient (Wildman–Crippen LogP) is 2.61. The minimum Gasteiger partial charge on any atom is -0.445 e. The zero-order chi connectivity index (χ0) is 14.9. The summed E-state index contributed by atoms with van der Waals surface area (Å²) in [6.45, 7) is 1.71. The van der Waals surface area contributed by atoms with Crippen molar-refractivity contribution in [3.8, 4) is 0 Å². The first-order chi connectivity index (χ1) is 10.1. The van der Waals surface area contributed by atoms with Crippen molar-refractivity contribution in [2.45, 2.75) is 57.1 Å². The average Bonchev–Trinajstić information content (AvgIpc) is 2.48. The van der Waals surface area contributed by atoms with Crippen LogP contribution in [0.2, 0.25) is 0 Å². The van der Waals surface area contributed by atoms with Crippen molar-refractivity contribution in [3.05, 3.63) is 35.4 Å². The lowest BCUT2D eigenvalue weighted by Gasteiger charge is -2.35. The highest BCUT2D eigenvalue weighted by molar-refractivity contribution is 5.97. The minimum atomic E-state index is -1.09. The molecule has 1 aliphatic heterocycles. The van der Waals surface area contributed by atoms with Crippen LogP contribution in [0.15, 0.2) is 24.3 Å². The number of ether oxygens (including phenoxy) is 1. The monoisotopic (exact) mass is 287 g/mol. The molecule has 4 heteroatoms. The maximum absolute atomic E-state index is 12.6. The van der Waals surface area contributed by atoms with Crippen LogP contribution in [0.5, 0.6) is 0 Å². The number of cyclic esters (lactones) is 1. The largest absolute Gasteiger partial charge is 0.445 e. The lowest BCUT2D eigenvalue weighted by atomic mass is 9.88. The maximum atomic E-state index is 12.6. The topological polar surface area (TPSA) is 55.4 Å². The fourth-order valence-corrected chi connectivity index (χ4v) is 3.24. The van der Waals surface area contributed by atoms with Crippen LogP contribution >= 0.6 is 0 Å². The zero-order valence-electron chi connectivity index (χ0n) is 12.4. The first-order valence-corrected chi connectivity index (χ1v) is 7.71. The smallest absolute Gasteiger partial charge is 0.339 e. The molecule has 112 valence electrons. The van der Waals surface area contributed by atoms with Crippen molar-refractivity contribution in [1.29, 1.82) is 0 Å². The van der Waals surface area contributed by atoms with Crippen molar-refractivity contribution in [3.63, 3.8) is 0 Å². The number of amides is 1. The molecular weight excluding hydrogens is 266 g/mol. The quantitative estimate of drug-likeness (QED) is 0.851. The second-order valence-electron chi connectivity index (χ2n) is 6.26. The Morgan fingerprint density at radius 3 is 2.71 bits per heavy atom. The van der Waals surface area contributed by atoms with Crippen LogP contribution < -0.4 is 5.32 Å². The molecule has 1 aromatic rings. The number of benzene rings is 1. The zero-order valence-corrected chi connectivity index (χ0v) is 12.4. The van der Waals surface area contributed by atoms with Gasteiger partial charge in [-0.1, -0.05) is 37.5 Å². The number of hydrogen-bond donors (Lipinski definition) is 1. The standard InChI is InChI=1S/C17H21NO3/c1-17(16(20)18-13-8-3-2-4-9-13)11-12-7-5-6-10-14(12)15(19)21-17/h5-7,10,13H,2-4,8-9,11H2,1H3,(H,18,20)/t17-/m1/s1. The van der Waals surface area contributed by atoms with Crippen molar-refractivity contribution >= 4 is 11.9 Å². The van der Waals surface area contributed by atoms with Gasteiger partial charge in [-0.05, 0) is 31.4 Å². The lowest BCUT2D eigenvalue weighted by molar-refractivity contribution is -0.140. The van der Waals surface area contributed by atoms with E-state index in [9.17, 15) is 9.59 Å². The lowest BCUT2D eigenvalue weighted by Crippen LogP contribution is -2.54. The van der Waals surface area contributed by atoms with E-state index in [-0.39, 0.29) is 11.9 Å². The summed E-state index contributed by atoms with van der Waals surface area (Å²) < 4.78 is 5.45. The van der Waals surface area contributed by atoms with Gasteiger partial charge in [0.2, 0.25) is 0 Å². The molecule has 1 aliphatic carbocycles. The first kappa shape index (κ1) is 14.1. The number of fused-ring (bicyclic) bond motifs is 1. The van der Waals surface area contributed by atoms with E-state index in [1.807, 2.05) is 18.2 Å². The third-order valence-corrected chi connectivity index (χ3v) is 4.50. The van der Waals surface area contributed by atoms with Gasteiger partial charge in [-0.2, -0.15) is 0 Å². The first-order valence-electron chi connectivity index (χ1n) is 7.71. The SMILES string of the molecule is C[C@]1(C(=O)NC2CCCCC2)Cc2ccccc2C(=O)O1. The van der Waals surface area contributed by atoms with Gasteiger partial charge in [0.1, 0.15) is 0 Å². The highest BCUT2D eigenvalue weighted by Crippen LogP contribution is 2.29. The Morgan fingerprint density at radius 1 is 1.24 bits per heavy atom. The highest BCUT2D eigenvalue weighted by atomic mass is 16.6. The van der Waals surface area contributed by atoms with Gasteiger partial charge in [-0.25, -0.2) is 4.79 Å². The molecule has 1 N–H and O–H groups in total. The summed E-state index contributed by atoms with van der Waals surface area (Å²) in [6, 6.07) is 7.55. The van der Waals surface area contributed by atoms with Crippen molar-refractivity contribution < 1.29 is 14.3 Å². The van der Waals surface area contributed by atoms with E-state index in [4.69, 9.17) is 4.74 Å². The van der Waals surface area contributed by atoms with Crippen molar-refractivity contribution in [2.75, 3.05) is 0 Å². The average molecular weight is 287 g/mol. The van der Waals surface area contributed by atoms with Gasteiger partial charge >= 0.3 is 5.97 Å². The summed E-state index contributed by atoms with van der Waals surface area (Å²) >= 11 is 0. The van der Waals surface area contributed by atoms with Crippen LogP contribution in [0.3, 0.4) is 0 Å². The van der Waals surface area contributed by atoms with Gasteiger partial charge in [-0.15, -0.1) is 0 Å². The number of esters is 1. The molecule has 0 radical (unpaired) electrons. The van der Waals surface area contributed by atoms with Crippen LogP contribution in [0, 0.1) is 0 Å². The summed E-state index contributed by atoms with van der Waals surface area (Å²) in [4.78, 5) is 24.7. The normalized spacial score (nSPS) is 25.9. The second-order valence-corrected chi connectivity index (χ2v) is 6.26. The molecule has 0 saturated heterocycles. The number of hydrogen-bond acceptors (Lipinski definition) is 3. The van der Waals surface area contributed by atoms with E-state index >= 15 is 0 Å². The summed E-state index contributed by atoms with van der Waals surface area (Å²) in [6.07, 6.45) is 6.03. The Hall–Kier alpha value is -1.84. The molecule has 0 spiro atoms. The maximum Gasteiger partial charge on any atom is 0.339 e. The molecule has 1 atom stereocenters. The molecule has 0 bridgehead atoms. The number of carbonyl (C=O) groups is 2. The molecule has 1 amide bonds. The van der Waals surface area contributed by atoms with E-state index in [1.165, 1.54) is 6.42 Å². The second kappa shape index (κ2) is 5.51. The van der Waals surface area contributed by atoms with Crippen LogP contribution in [0.4, 0.5) is 0 Å². The molecule has 21 heavy (non-hydrogen) atoms. The summed E-state index contributed by atoms with van der Waals surface area (Å²) in [5.74, 6) is -0.574. The minimum absolute atomic E-state index is 0.169. The van der Waals surface area contributed by atoms with E-state index in [0.29, 0.717) is 12.0 Å². The molecule has 1 saturated carbocycles. The van der Waals surface area contributed by atoms with Crippen molar-refractivity contribution in [2.24, 2.45) is 0 Å². The number of rotatable bonds is 2. The summed E-state index contributed by atoms with van der Waals surface area (Å²) in [5, 5.41) is 3.06. The fourth-order valence-electron chi connectivity index (χ4n) is 3.24. The van der Waals surface area contributed by atoms with Crippen LogP contribution in [-0.4, -0.2) is 23.5 Å². The highest BCUT2D eigenvalue weighted by Gasteiger charge is 2.43. The van der Waals surface area contributed by atoms with Gasteiger partial charge in [0.15, 0.2) is 5.60 Å². The molecule has 0 unspecified atom stereocenters. The number of nitrogens with one attached hydrogen (secondary N) is 1. The van der Waals surface area contributed by atoms with Gasteiger partial charge in [0.25, 0.3) is 5.91 Å². The summed E-state index contributed by atoms with van der Waals surface area (Å²) in [7, 11) is 0. The molecule has 1 fully saturated rings. The third kappa shape index (κ3) is 2.80. The molecule has 2 aliphatic rings. The molecule has 1 aromatic carbocycles. The fraction of sp³-hybridized carbons (Fsp3) is 0.529. The predicted molar refractivity (Wildman–Crippen MR) is 79.0 cm³/mol. The number of carbonyl (C=O) groups excluding carboxylic acids is 2. The molecule has 1 heterocycles. The Labute approximate surface area is 124 Å². The van der Waals surface area contributed by atoms with Crippen LogP contribution in [0.1, 0.15) is 54.9 Å². The molecule has 3 rings (SSSR count). The van der Waals surface area contributed by atoms with E-state index in [0.717, 1.165) is 31.2 Å². The Bertz CT molecular complexity index is 563. The van der Waals surface area contributed by atoms with Gasteiger partial charge < -0.3 is 10.1 Å².